The highest BCUT2D eigenvalue weighted by Crippen LogP contribution is 2.36. The summed E-state index contributed by atoms with van der Waals surface area (Å²) < 4.78 is 32.4. The molecule has 0 saturated heterocycles. The molecule has 0 spiro atoms. The molecule has 28 heavy (non-hydrogen) atoms. The van der Waals surface area contributed by atoms with E-state index in [2.05, 4.69) is 21.5 Å². The minimum Gasteiger partial charge on any atom is -0.494 e. The Labute approximate surface area is 164 Å². The molecule has 150 valence electrons. The van der Waals surface area contributed by atoms with Crippen molar-refractivity contribution in [1.29, 1.82) is 0 Å². The Morgan fingerprint density at radius 1 is 1.18 bits per heavy atom. The third-order valence-electron chi connectivity index (χ3n) is 5.00. The van der Waals surface area contributed by atoms with Crippen LogP contribution in [0.15, 0.2) is 24.4 Å². The van der Waals surface area contributed by atoms with Crippen molar-refractivity contribution in [1.82, 2.24) is 14.5 Å². The summed E-state index contributed by atoms with van der Waals surface area (Å²) in [7, 11) is 4.75. The number of rotatable bonds is 8. The molecule has 0 saturated carbocycles. The fraction of sp³-hybridized carbons (Fsp3) is 0.429. The van der Waals surface area contributed by atoms with Crippen LogP contribution in [0.1, 0.15) is 31.4 Å². The smallest absolute Gasteiger partial charge is 0.297 e. The van der Waals surface area contributed by atoms with Crippen molar-refractivity contribution in [3.05, 3.63) is 35.8 Å². The summed E-state index contributed by atoms with van der Waals surface area (Å²) in [5.41, 5.74) is 3.75. The molecular weight excluding hydrogens is 361 g/mol. The van der Waals surface area contributed by atoms with E-state index in [0.29, 0.717) is 29.4 Å². The van der Waals surface area contributed by atoms with Gasteiger partial charge in [0.15, 0.2) is 11.6 Å². The molecule has 2 aromatic heterocycles. The lowest BCUT2D eigenvalue weighted by Gasteiger charge is -2.19. The van der Waals surface area contributed by atoms with Crippen LogP contribution in [0.4, 0.5) is 4.39 Å². The zero-order chi connectivity index (χ0) is 20.3. The molecular formula is C21H26FN3O3. The highest BCUT2D eigenvalue weighted by atomic mass is 19.1. The van der Waals surface area contributed by atoms with Gasteiger partial charge in [-0.1, -0.05) is 6.92 Å². The Bertz CT molecular complexity index is 971. The standard InChI is InChI=1S/C21H26FN3O3/c1-6-14(8-10-26-3)25-17-7-9-23-19(20(17)24-21(25)28-5)15-12-16(22)18(27-4)11-13(15)2/h7,9,11-12,14H,6,8,10H2,1-5H3. The van der Waals surface area contributed by atoms with E-state index < -0.39 is 5.82 Å². The Kier molecular flexibility index (Phi) is 6.14. The van der Waals surface area contributed by atoms with E-state index in [1.807, 2.05) is 13.0 Å². The molecule has 2 heterocycles. The maximum atomic E-state index is 14.4. The molecule has 6 nitrogen and oxygen atoms in total. The third-order valence-corrected chi connectivity index (χ3v) is 5.00. The zero-order valence-corrected chi connectivity index (χ0v) is 17.0. The van der Waals surface area contributed by atoms with Gasteiger partial charge in [-0.25, -0.2) is 4.39 Å². The summed E-state index contributed by atoms with van der Waals surface area (Å²) in [5.74, 6) is -0.220. The molecule has 0 amide bonds. The Hall–Kier alpha value is -2.67. The fourth-order valence-electron chi connectivity index (χ4n) is 3.53. The summed E-state index contributed by atoms with van der Waals surface area (Å²) in [4.78, 5) is 9.19. The van der Waals surface area contributed by atoms with Gasteiger partial charge in [0.25, 0.3) is 6.01 Å². The lowest BCUT2D eigenvalue weighted by molar-refractivity contribution is 0.175. The maximum Gasteiger partial charge on any atom is 0.297 e. The van der Waals surface area contributed by atoms with E-state index in [0.717, 1.165) is 23.9 Å². The zero-order valence-electron chi connectivity index (χ0n) is 17.0. The van der Waals surface area contributed by atoms with Gasteiger partial charge in [0.2, 0.25) is 0 Å². The van der Waals surface area contributed by atoms with Crippen LogP contribution < -0.4 is 9.47 Å². The molecule has 0 aliphatic heterocycles. The number of fused-ring (bicyclic) bond motifs is 1. The molecule has 1 aromatic carbocycles. The van der Waals surface area contributed by atoms with E-state index in [-0.39, 0.29) is 11.8 Å². The van der Waals surface area contributed by atoms with Gasteiger partial charge in [-0.15, -0.1) is 0 Å². The van der Waals surface area contributed by atoms with E-state index in [1.54, 1.807) is 26.5 Å². The van der Waals surface area contributed by atoms with E-state index in [1.165, 1.54) is 13.2 Å². The number of pyridine rings is 1. The number of methoxy groups -OCH3 is 3. The number of ether oxygens (including phenoxy) is 3. The van der Waals surface area contributed by atoms with Crippen LogP contribution in [-0.2, 0) is 4.74 Å². The van der Waals surface area contributed by atoms with Crippen LogP contribution in [0.3, 0.4) is 0 Å². The number of benzene rings is 1. The van der Waals surface area contributed by atoms with Crippen molar-refractivity contribution in [3.63, 3.8) is 0 Å². The van der Waals surface area contributed by atoms with Gasteiger partial charge >= 0.3 is 0 Å². The first-order valence-corrected chi connectivity index (χ1v) is 9.30. The van der Waals surface area contributed by atoms with Crippen LogP contribution in [0.25, 0.3) is 22.3 Å². The van der Waals surface area contributed by atoms with Crippen molar-refractivity contribution in [2.24, 2.45) is 0 Å². The summed E-state index contributed by atoms with van der Waals surface area (Å²) >= 11 is 0. The van der Waals surface area contributed by atoms with Crippen molar-refractivity contribution in [2.45, 2.75) is 32.7 Å². The molecule has 0 bridgehead atoms. The third kappa shape index (κ3) is 3.54. The number of aryl methyl sites for hydroxylation is 1. The largest absolute Gasteiger partial charge is 0.494 e. The number of nitrogens with zero attached hydrogens (tertiary/aromatic N) is 3. The minimum atomic E-state index is -0.431. The topological polar surface area (TPSA) is 58.4 Å². The molecule has 0 fully saturated rings. The number of halogens is 1. The molecule has 1 atom stereocenters. The van der Waals surface area contributed by atoms with Gasteiger partial charge in [-0.05, 0) is 43.5 Å². The van der Waals surface area contributed by atoms with Gasteiger partial charge in [0.1, 0.15) is 5.52 Å². The predicted octanol–water partition coefficient (Wildman–Crippen LogP) is 4.55. The Morgan fingerprint density at radius 3 is 2.61 bits per heavy atom. The van der Waals surface area contributed by atoms with Crippen LogP contribution in [-0.4, -0.2) is 42.5 Å². The average molecular weight is 387 g/mol. The van der Waals surface area contributed by atoms with Crippen molar-refractivity contribution in [3.8, 4) is 23.0 Å². The number of hydrogen-bond acceptors (Lipinski definition) is 5. The van der Waals surface area contributed by atoms with Crippen LogP contribution in [0.5, 0.6) is 11.8 Å². The summed E-state index contributed by atoms with van der Waals surface area (Å²) in [6.45, 7) is 4.66. The predicted molar refractivity (Wildman–Crippen MR) is 107 cm³/mol. The highest BCUT2D eigenvalue weighted by Gasteiger charge is 2.22. The normalized spacial score (nSPS) is 12.4. The number of hydrogen-bond donors (Lipinski definition) is 0. The minimum absolute atomic E-state index is 0.170. The second kappa shape index (κ2) is 8.56. The van der Waals surface area contributed by atoms with E-state index in [9.17, 15) is 4.39 Å². The summed E-state index contributed by atoms with van der Waals surface area (Å²) in [6, 6.07) is 5.72. The number of imidazole rings is 1. The highest BCUT2D eigenvalue weighted by molar-refractivity contribution is 5.91. The molecule has 0 N–H and O–H groups in total. The van der Waals surface area contributed by atoms with Crippen molar-refractivity contribution < 1.29 is 18.6 Å². The fourth-order valence-corrected chi connectivity index (χ4v) is 3.53. The Morgan fingerprint density at radius 2 is 1.96 bits per heavy atom. The van der Waals surface area contributed by atoms with Crippen LogP contribution in [0, 0.1) is 12.7 Å². The quantitative estimate of drug-likeness (QED) is 0.567. The monoisotopic (exact) mass is 387 g/mol. The first-order valence-electron chi connectivity index (χ1n) is 9.30. The first kappa shape index (κ1) is 20.1. The lowest BCUT2D eigenvalue weighted by atomic mass is 10.0. The first-order chi connectivity index (χ1) is 13.5. The molecule has 7 heteroatoms. The van der Waals surface area contributed by atoms with Gasteiger partial charge < -0.3 is 14.2 Å². The summed E-state index contributed by atoms with van der Waals surface area (Å²) in [6.07, 6.45) is 3.46. The molecule has 1 unspecified atom stereocenters. The van der Waals surface area contributed by atoms with Crippen molar-refractivity contribution >= 4 is 11.0 Å². The average Bonchev–Trinajstić information content (AvgIpc) is 3.09. The van der Waals surface area contributed by atoms with Crippen LogP contribution >= 0.6 is 0 Å². The maximum absolute atomic E-state index is 14.4. The van der Waals surface area contributed by atoms with Gasteiger partial charge in [0, 0.05) is 31.5 Å². The van der Waals surface area contributed by atoms with Gasteiger partial charge in [0.05, 0.1) is 25.4 Å². The molecule has 3 aromatic rings. The number of aromatic nitrogens is 3. The molecule has 3 rings (SSSR count). The SMILES string of the molecule is CCC(CCOC)n1c(OC)nc2c(-c3cc(F)c(OC)cc3C)nccc21. The summed E-state index contributed by atoms with van der Waals surface area (Å²) in [5, 5.41) is 0. The molecule has 0 aliphatic carbocycles. The van der Waals surface area contributed by atoms with Crippen LogP contribution in [0.2, 0.25) is 0 Å². The molecule has 0 radical (unpaired) electrons. The van der Waals surface area contributed by atoms with Gasteiger partial charge in [-0.3, -0.25) is 9.55 Å². The Balaban J connectivity index is 2.21. The van der Waals surface area contributed by atoms with Gasteiger partial charge in [-0.2, -0.15) is 4.98 Å². The van der Waals surface area contributed by atoms with E-state index in [4.69, 9.17) is 14.2 Å². The second-order valence-electron chi connectivity index (χ2n) is 6.64. The van der Waals surface area contributed by atoms with Crippen molar-refractivity contribution in [2.75, 3.05) is 27.9 Å². The van der Waals surface area contributed by atoms with E-state index >= 15 is 0 Å². The lowest BCUT2D eigenvalue weighted by Crippen LogP contribution is -2.12. The second-order valence-corrected chi connectivity index (χ2v) is 6.64. The molecule has 0 aliphatic rings.